The van der Waals surface area contributed by atoms with Crippen molar-refractivity contribution in [2.75, 3.05) is 0 Å². The van der Waals surface area contributed by atoms with Crippen LogP contribution in [0.2, 0.25) is 0 Å². The summed E-state index contributed by atoms with van der Waals surface area (Å²) < 4.78 is 0. The molecule has 0 aromatic rings. The van der Waals surface area contributed by atoms with Gasteiger partial charge in [-0.05, 0) is 38.0 Å². The molecule has 0 aromatic carbocycles. The molecule has 2 aliphatic carbocycles. The van der Waals surface area contributed by atoms with Crippen LogP contribution in [0.15, 0.2) is 11.6 Å². The van der Waals surface area contributed by atoms with Crippen LogP contribution < -0.4 is 0 Å². The van der Waals surface area contributed by atoms with E-state index in [2.05, 4.69) is 19.9 Å². The minimum absolute atomic E-state index is 0.386. The summed E-state index contributed by atoms with van der Waals surface area (Å²) in [5.74, 6) is 2.28. The van der Waals surface area contributed by atoms with Crippen molar-refractivity contribution in [3.05, 3.63) is 11.6 Å². The lowest BCUT2D eigenvalue weighted by Crippen LogP contribution is -2.20. The number of hydrogen-bond acceptors (Lipinski definition) is 1. The molecule has 84 valence electrons. The topological polar surface area (TPSA) is 17.1 Å². The first-order valence-corrected chi connectivity index (χ1v) is 6.43. The molecule has 2 aliphatic rings. The van der Waals surface area contributed by atoms with E-state index in [-0.39, 0.29) is 0 Å². The van der Waals surface area contributed by atoms with E-state index in [9.17, 15) is 4.79 Å². The van der Waals surface area contributed by atoms with Gasteiger partial charge in [0.25, 0.3) is 0 Å². The van der Waals surface area contributed by atoms with Crippen molar-refractivity contribution >= 4 is 5.78 Å². The summed E-state index contributed by atoms with van der Waals surface area (Å²) in [7, 11) is 0. The van der Waals surface area contributed by atoms with E-state index in [1.165, 1.54) is 24.8 Å². The minimum atomic E-state index is 0.386. The second kappa shape index (κ2) is 4.51. The zero-order valence-corrected chi connectivity index (χ0v) is 9.96. The third kappa shape index (κ3) is 2.16. The largest absolute Gasteiger partial charge is 0.299 e. The summed E-state index contributed by atoms with van der Waals surface area (Å²) >= 11 is 0. The Labute approximate surface area is 92.9 Å². The normalized spacial score (nSPS) is 33.2. The van der Waals surface area contributed by atoms with Crippen LogP contribution >= 0.6 is 0 Å². The second-order valence-corrected chi connectivity index (χ2v) is 5.28. The molecule has 15 heavy (non-hydrogen) atoms. The molecule has 3 unspecified atom stereocenters. The first-order valence-electron chi connectivity index (χ1n) is 6.43. The molecule has 1 nitrogen and oxygen atoms in total. The third-order valence-corrected chi connectivity index (χ3v) is 4.12. The molecular weight excluding hydrogens is 184 g/mol. The van der Waals surface area contributed by atoms with Crippen molar-refractivity contribution in [3.63, 3.8) is 0 Å². The van der Waals surface area contributed by atoms with E-state index in [0.29, 0.717) is 17.6 Å². The standard InChI is InChI=1S/C14H22O/c1-3-4-5-6-14(15)13-9-11-7-10(2)12(13)8-11/h7,11-13H,3-6,8-9H2,1-2H3. The zero-order chi connectivity index (χ0) is 10.8. The summed E-state index contributed by atoms with van der Waals surface area (Å²) in [5, 5.41) is 0. The highest BCUT2D eigenvalue weighted by Crippen LogP contribution is 2.48. The van der Waals surface area contributed by atoms with Crippen molar-refractivity contribution in [2.24, 2.45) is 17.8 Å². The summed E-state index contributed by atoms with van der Waals surface area (Å²) in [6, 6.07) is 0. The molecule has 0 amide bonds. The zero-order valence-electron chi connectivity index (χ0n) is 9.96. The van der Waals surface area contributed by atoms with Crippen LogP contribution in [-0.2, 0) is 4.79 Å². The Kier molecular flexibility index (Phi) is 3.28. The number of hydrogen-bond donors (Lipinski definition) is 0. The maximum atomic E-state index is 12.0. The first-order chi connectivity index (χ1) is 7.22. The van der Waals surface area contributed by atoms with E-state index in [1.54, 1.807) is 0 Å². The van der Waals surface area contributed by atoms with E-state index >= 15 is 0 Å². The highest BCUT2D eigenvalue weighted by atomic mass is 16.1. The van der Waals surface area contributed by atoms with Gasteiger partial charge in [0, 0.05) is 12.3 Å². The van der Waals surface area contributed by atoms with E-state index in [0.717, 1.165) is 25.2 Å². The van der Waals surface area contributed by atoms with Gasteiger partial charge in [0.15, 0.2) is 0 Å². The van der Waals surface area contributed by atoms with E-state index in [1.807, 2.05) is 0 Å². The molecule has 0 spiro atoms. The highest BCUT2D eigenvalue weighted by molar-refractivity contribution is 5.82. The number of fused-ring (bicyclic) bond motifs is 2. The Morgan fingerprint density at radius 1 is 1.40 bits per heavy atom. The predicted molar refractivity (Wildman–Crippen MR) is 62.6 cm³/mol. The van der Waals surface area contributed by atoms with Crippen molar-refractivity contribution < 1.29 is 4.79 Å². The molecule has 1 fully saturated rings. The Morgan fingerprint density at radius 2 is 2.20 bits per heavy atom. The van der Waals surface area contributed by atoms with Crippen LogP contribution in [0.4, 0.5) is 0 Å². The monoisotopic (exact) mass is 206 g/mol. The molecule has 3 atom stereocenters. The molecule has 0 heterocycles. The quantitative estimate of drug-likeness (QED) is 0.494. The van der Waals surface area contributed by atoms with Crippen LogP contribution in [-0.4, -0.2) is 5.78 Å². The SMILES string of the molecule is CCCCCC(=O)C1CC2C=C(C)C1C2. The fourth-order valence-electron chi connectivity index (χ4n) is 3.30. The van der Waals surface area contributed by atoms with E-state index < -0.39 is 0 Å². The highest BCUT2D eigenvalue weighted by Gasteiger charge is 2.41. The summed E-state index contributed by atoms with van der Waals surface area (Å²) in [5.41, 5.74) is 1.49. The number of Topliss-reactive ketones (excluding diaryl/α,β-unsaturated/α-hetero) is 1. The van der Waals surface area contributed by atoms with Crippen LogP contribution in [0.1, 0.15) is 52.4 Å². The Balaban J connectivity index is 1.85. The Morgan fingerprint density at radius 3 is 2.80 bits per heavy atom. The minimum Gasteiger partial charge on any atom is -0.299 e. The number of carbonyl (C=O) groups is 1. The van der Waals surface area contributed by atoms with Gasteiger partial charge in [0.1, 0.15) is 5.78 Å². The smallest absolute Gasteiger partial charge is 0.136 e. The Hall–Kier alpha value is -0.590. The van der Waals surface area contributed by atoms with Gasteiger partial charge in [-0.2, -0.15) is 0 Å². The van der Waals surface area contributed by atoms with Crippen LogP contribution in [0.5, 0.6) is 0 Å². The lowest BCUT2D eigenvalue weighted by molar-refractivity contribution is -0.123. The summed E-state index contributed by atoms with van der Waals surface area (Å²) in [6.07, 6.45) is 9.15. The van der Waals surface area contributed by atoms with Crippen molar-refractivity contribution in [1.82, 2.24) is 0 Å². The second-order valence-electron chi connectivity index (χ2n) is 5.28. The molecule has 0 aliphatic heterocycles. The van der Waals surface area contributed by atoms with Gasteiger partial charge in [-0.15, -0.1) is 0 Å². The van der Waals surface area contributed by atoms with Gasteiger partial charge < -0.3 is 0 Å². The molecule has 0 saturated heterocycles. The molecular formula is C14H22O. The van der Waals surface area contributed by atoms with Crippen LogP contribution in [0, 0.1) is 17.8 Å². The maximum Gasteiger partial charge on any atom is 0.136 e. The fraction of sp³-hybridized carbons (Fsp3) is 0.786. The molecule has 0 aromatic heterocycles. The van der Waals surface area contributed by atoms with Gasteiger partial charge in [0.2, 0.25) is 0 Å². The van der Waals surface area contributed by atoms with Crippen molar-refractivity contribution in [1.29, 1.82) is 0 Å². The van der Waals surface area contributed by atoms with Gasteiger partial charge in [-0.1, -0.05) is 31.4 Å². The van der Waals surface area contributed by atoms with Crippen LogP contribution in [0.3, 0.4) is 0 Å². The summed E-state index contributed by atoms with van der Waals surface area (Å²) in [6.45, 7) is 4.39. The lowest BCUT2D eigenvalue weighted by Gasteiger charge is -2.20. The fourth-order valence-corrected chi connectivity index (χ4v) is 3.30. The molecule has 2 bridgehead atoms. The molecule has 1 heteroatoms. The molecule has 0 radical (unpaired) electrons. The Bertz CT molecular complexity index is 277. The van der Waals surface area contributed by atoms with Gasteiger partial charge in [0.05, 0.1) is 0 Å². The summed E-state index contributed by atoms with van der Waals surface area (Å²) in [4.78, 5) is 12.0. The van der Waals surface area contributed by atoms with Crippen molar-refractivity contribution in [2.45, 2.75) is 52.4 Å². The maximum absolute atomic E-state index is 12.0. The first kappa shape index (κ1) is 10.9. The third-order valence-electron chi connectivity index (χ3n) is 4.12. The number of rotatable bonds is 5. The predicted octanol–water partition coefficient (Wildman–Crippen LogP) is 3.74. The van der Waals surface area contributed by atoms with Crippen LogP contribution in [0.25, 0.3) is 0 Å². The lowest BCUT2D eigenvalue weighted by atomic mass is 9.83. The van der Waals surface area contributed by atoms with E-state index in [4.69, 9.17) is 0 Å². The molecule has 2 rings (SSSR count). The number of carbonyl (C=O) groups excluding carboxylic acids is 1. The van der Waals surface area contributed by atoms with Crippen molar-refractivity contribution in [3.8, 4) is 0 Å². The number of unbranched alkanes of at least 4 members (excludes halogenated alkanes) is 2. The van der Waals surface area contributed by atoms with Gasteiger partial charge in [-0.3, -0.25) is 4.79 Å². The van der Waals surface area contributed by atoms with Gasteiger partial charge in [-0.25, -0.2) is 0 Å². The average molecular weight is 206 g/mol. The number of ketones is 1. The van der Waals surface area contributed by atoms with Gasteiger partial charge >= 0.3 is 0 Å². The number of allylic oxidation sites excluding steroid dienone is 2. The average Bonchev–Trinajstić information content (AvgIpc) is 2.76. The molecule has 1 saturated carbocycles. The molecule has 0 N–H and O–H groups in total.